The minimum absolute atomic E-state index is 0.00761. The number of aliphatic hydroxyl groups is 1. The fraction of sp³-hybridized carbons (Fsp3) is 0.556. The number of hydrogen-bond donors (Lipinski definition) is 3. The van der Waals surface area contributed by atoms with Gasteiger partial charge in [-0.1, -0.05) is 25.3 Å². The number of hydrogen-bond acceptors (Lipinski definition) is 5. The zero-order chi connectivity index (χ0) is 20.2. The van der Waals surface area contributed by atoms with Crippen LogP contribution in [0.3, 0.4) is 0 Å². The molecule has 1 aromatic rings. The van der Waals surface area contributed by atoms with E-state index in [1.807, 2.05) is 0 Å². The van der Waals surface area contributed by atoms with Crippen LogP contribution < -0.4 is 5.32 Å². The van der Waals surface area contributed by atoms with Crippen LogP contribution in [-0.2, 0) is 14.8 Å². The third-order valence-corrected chi connectivity index (χ3v) is 6.82. The molecule has 1 unspecified atom stereocenters. The fourth-order valence-electron chi connectivity index (χ4n) is 3.04. The van der Waals surface area contributed by atoms with Gasteiger partial charge in [-0.25, -0.2) is 13.2 Å². The third-order valence-electron chi connectivity index (χ3n) is 4.92. The monoisotopic (exact) mass is 398 g/mol. The summed E-state index contributed by atoms with van der Waals surface area (Å²) in [6, 6.07) is 5.54. The van der Waals surface area contributed by atoms with E-state index < -0.39 is 34.0 Å². The minimum Gasteiger partial charge on any atom is -0.479 e. The van der Waals surface area contributed by atoms with E-state index in [4.69, 9.17) is 5.11 Å². The summed E-state index contributed by atoms with van der Waals surface area (Å²) in [7, 11) is -2.18. The number of benzene rings is 1. The largest absolute Gasteiger partial charge is 0.479 e. The minimum atomic E-state index is -3.74. The van der Waals surface area contributed by atoms with Gasteiger partial charge in [0.15, 0.2) is 5.60 Å². The Balaban J connectivity index is 2.16. The van der Waals surface area contributed by atoms with E-state index in [0.29, 0.717) is 0 Å². The molecule has 0 radical (unpaired) electrons. The molecule has 9 heteroatoms. The first kappa shape index (κ1) is 21.3. The van der Waals surface area contributed by atoms with Gasteiger partial charge in [0.2, 0.25) is 10.0 Å². The van der Waals surface area contributed by atoms with Crippen LogP contribution in [0.25, 0.3) is 0 Å². The maximum atomic E-state index is 12.9. The highest BCUT2D eigenvalue weighted by molar-refractivity contribution is 7.89. The molecule has 8 nitrogen and oxygen atoms in total. The van der Waals surface area contributed by atoms with Crippen molar-refractivity contribution in [1.29, 1.82) is 0 Å². The number of amides is 1. The topological polar surface area (TPSA) is 124 Å². The highest BCUT2D eigenvalue weighted by Crippen LogP contribution is 2.26. The lowest BCUT2D eigenvalue weighted by Gasteiger charge is -2.30. The molecular weight excluding hydrogens is 372 g/mol. The lowest BCUT2D eigenvalue weighted by atomic mass is 9.96. The highest BCUT2D eigenvalue weighted by atomic mass is 32.2. The summed E-state index contributed by atoms with van der Waals surface area (Å²) in [5.41, 5.74) is -2.03. The molecule has 0 aliphatic heterocycles. The Hall–Kier alpha value is -1.97. The smallest absolute Gasteiger partial charge is 0.337 e. The summed E-state index contributed by atoms with van der Waals surface area (Å²) in [5.74, 6) is -2.12. The summed E-state index contributed by atoms with van der Waals surface area (Å²) in [6.07, 6.45) is 4.74. The molecule has 1 aromatic carbocycles. The molecule has 0 saturated heterocycles. The quantitative estimate of drug-likeness (QED) is 0.634. The van der Waals surface area contributed by atoms with E-state index in [2.05, 4.69) is 5.32 Å². The van der Waals surface area contributed by atoms with Gasteiger partial charge >= 0.3 is 5.97 Å². The lowest BCUT2D eigenvalue weighted by Crippen LogP contribution is -2.46. The van der Waals surface area contributed by atoms with Crippen LogP contribution in [0.2, 0.25) is 0 Å². The van der Waals surface area contributed by atoms with Crippen LogP contribution in [0, 0.1) is 0 Å². The molecule has 0 spiro atoms. The number of aliphatic carboxylic acids is 1. The van der Waals surface area contributed by atoms with Gasteiger partial charge in [-0.05, 0) is 38.0 Å². The summed E-state index contributed by atoms with van der Waals surface area (Å²) in [6.45, 7) is 0.565. The molecule has 0 heterocycles. The predicted octanol–water partition coefficient (Wildman–Crippen LogP) is 1.21. The molecule has 1 aliphatic rings. The average Bonchev–Trinajstić information content (AvgIpc) is 2.66. The molecule has 27 heavy (non-hydrogen) atoms. The van der Waals surface area contributed by atoms with Crippen LogP contribution in [-0.4, -0.2) is 60.0 Å². The van der Waals surface area contributed by atoms with Crippen molar-refractivity contribution in [2.45, 2.75) is 55.6 Å². The molecule has 150 valence electrons. The van der Waals surface area contributed by atoms with Gasteiger partial charge in [0.25, 0.3) is 5.91 Å². The molecule has 0 bridgehead atoms. The summed E-state index contributed by atoms with van der Waals surface area (Å²) < 4.78 is 27.2. The first-order valence-electron chi connectivity index (χ1n) is 8.88. The standard InChI is InChI=1S/C18H26N2O6S/c1-18(24,17(22)23)12-19-16(21)13-7-6-10-15(11-13)27(25,26)20(2)14-8-4-3-5-9-14/h6-7,10-11,14,24H,3-5,8-9,12H2,1-2H3,(H,19,21)(H,22,23). The van der Waals surface area contributed by atoms with E-state index in [0.717, 1.165) is 39.0 Å². The first-order valence-corrected chi connectivity index (χ1v) is 10.3. The van der Waals surface area contributed by atoms with Gasteiger partial charge in [0.1, 0.15) is 0 Å². The molecule has 0 aromatic heterocycles. The summed E-state index contributed by atoms with van der Waals surface area (Å²) in [4.78, 5) is 23.1. The second-order valence-corrected chi connectivity index (χ2v) is 9.10. The number of carboxylic acids is 1. The number of sulfonamides is 1. The second-order valence-electron chi connectivity index (χ2n) is 7.10. The molecule has 1 amide bonds. The highest BCUT2D eigenvalue weighted by Gasteiger charge is 2.31. The summed E-state index contributed by atoms with van der Waals surface area (Å²) >= 11 is 0. The normalized spacial score (nSPS) is 18.1. The lowest BCUT2D eigenvalue weighted by molar-refractivity contribution is -0.155. The second kappa shape index (κ2) is 8.37. The number of nitrogens with one attached hydrogen (secondary N) is 1. The molecular formula is C18H26N2O6S. The molecule has 1 atom stereocenters. The van der Waals surface area contributed by atoms with Crippen molar-refractivity contribution in [1.82, 2.24) is 9.62 Å². The Kier molecular flexibility index (Phi) is 6.61. The first-order chi connectivity index (χ1) is 12.6. The van der Waals surface area contributed by atoms with Gasteiger partial charge < -0.3 is 15.5 Å². The van der Waals surface area contributed by atoms with E-state index in [-0.39, 0.29) is 16.5 Å². The van der Waals surface area contributed by atoms with Gasteiger partial charge in [0.05, 0.1) is 11.4 Å². The fourth-order valence-corrected chi connectivity index (χ4v) is 4.50. The van der Waals surface area contributed by atoms with E-state index in [1.54, 1.807) is 7.05 Å². The number of carbonyl (C=O) groups is 2. The van der Waals surface area contributed by atoms with E-state index in [9.17, 15) is 23.1 Å². The van der Waals surface area contributed by atoms with Crippen LogP contribution >= 0.6 is 0 Å². The van der Waals surface area contributed by atoms with Gasteiger partial charge in [-0.15, -0.1) is 0 Å². The molecule has 2 rings (SSSR count). The molecule has 1 saturated carbocycles. The average molecular weight is 398 g/mol. The van der Waals surface area contributed by atoms with Crippen molar-refractivity contribution in [2.75, 3.05) is 13.6 Å². The molecule has 1 fully saturated rings. The van der Waals surface area contributed by atoms with Crippen LogP contribution in [0.1, 0.15) is 49.4 Å². The van der Waals surface area contributed by atoms with Crippen molar-refractivity contribution in [3.05, 3.63) is 29.8 Å². The number of rotatable bonds is 7. The van der Waals surface area contributed by atoms with Crippen LogP contribution in [0.5, 0.6) is 0 Å². The van der Waals surface area contributed by atoms with Crippen molar-refractivity contribution in [2.24, 2.45) is 0 Å². The molecule has 1 aliphatic carbocycles. The van der Waals surface area contributed by atoms with Crippen molar-refractivity contribution >= 4 is 21.9 Å². The van der Waals surface area contributed by atoms with Crippen molar-refractivity contribution in [3.63, 3.8) is 0 Å². The number of nitrogens with zero attached hydrogens (tertiary/aromatic N) is 1. The van der Waals surface area contributed by atoms with Crippen molar-refractivity contribution < 1.29 is 28.2 Å². The van der Waals surface area contributed by atoms with Crippen molar-refractivity contribution in [3.8, 4) is 0 Å². The Morgan fingerprint density at radius 3 is 2.48 bits per heavy atom. The maximum Gasteiger partial charge on any atom is 0.337 e. The van der Waals surface area contributed by atoms with Crippen LogP contribution in [0.4, 0.5) is 0 Å². The Morgan fingerprint density at radius 1 is 1.26 bits per heavy atom. The summed E-state index contributed by atoms with van der Waals surface area (Å²) in [5, 5.41) is 20.9. The zero-order valence-electron chi connectivity index (χ0n) is 15.5. The van der Waals surface area contributed by atoms with E-state index >= 15 is 0 Å². The Bertz CT molecular complexity index is 800. The Morgan fingerprint density at radius 2 is 1.89 bits per heavy atom. The SMILES string of the molecule is CN(C1CCCCC1)S(=O)(=O)c1cccc(C(=O)NCC(C)(O)C(=O)O)c1. The van der Waals surface area contributed by atoms with Gasteiger partial charge in [0, 0.05) is 18.7 Å². The maximum absolute atomic E-state index is 12.9. The van der Waals surface area contributed by atoms with E-state index in [1.165, 1.54) is 28.6 Å². The predicted molar refractivity (Wildman–Crippen MR) is 98.9 cm³/mol. The van der Waals surface area contributed by atoms with Gasteiger partial charge in [-0.3, -0.25) is 4.79 Å². The number of carboxylic acid groups (broad SMARTS) is 1. The number of carbonyl (C=O) groups excluding carboxylic acids is 1. The van der Waals surface area contributed by atoms with Gasteiger partial charge in [-0.2, -0.15) is 4.31 Å². The zero-order valence-corrected chi connectivity index (χ0v) is 16.3. The third kappa shape index (κ3) is 5.06. The van der Waals surface area contributed by atoms with Crippen LogP contribution in [0.15, 0.2) is 29.2 Å². The molecule has 3 N–H and O–H groups in total. The Labute approximate surface area is 159 Å².